The Bertz CT molecular complexity index is 1560. The lowest BCUT2D eigenvalue weighted by Gasteiger charge is -2.17. The molecule has 0 bridgehead atoms. The van der Waals surface area contributed by atoms with E-state index in [1.165, 1.54) is 30.3 Å². The Balaban J connectivity index is 1.88. The maximum absolute atomic E-state index is 13.6. The average molecular weight is 503 g/mol. The van der Waals surface area contributed by atoms with Crippen LogP contribution in [0.5, 0.6) is 0 Å². The fourth-order valence-corrected chi connectivity index (χ4v) is 4.69. The van der Waals surface area contributed by atoms with Gasteiger partial charge in [-0.05, 0) is 61.9 Å². The van der Waals surface area contributed by atoms with Crippen LogP contribution < -0.4 is 4.72 Å². The largest absolute Gasteiger partial charge is 0.404 e. The highest BCUT2D eigenvalue weighted by molar-refractivity contribution is 7.89. The molecule has 1 aromatic carbocycles. The second-order valence-corrected chi connectivity index (χ2v) is 9.51. The van der Waals surface area contributed by atoms with Crippen molar-refractivity contribution in [2.24, 2.45) is 0 Å². The molecular weight excluding hydrogens is 486 g/mol. The van der Waals surface area contributed by atoms with Gasteiger partial charge < -0.3 is 0 Å². The highest BCUT2D eigenvalue weighted by atomic mass is 32.2. The number of nitrogens with zero attached hydrogens (tertiary/aromatic N) is 4. The average Bonchev–Trinajstić information content (AvgIpc) is 3.12. The number of alkyl halides is 3. The number of fused-ring (bicyclic) bond motifs is 1. The van der Waals surface area contributed by atoms with Gasteiger partial charge in [0.1, 0.15) is 28.5 Å². The number of pyridine rings is 2. The standard InChI is InChI=1S/C23H17F4N5O2S/c1-13-9-18-19(10-28)21(32(22(18)30-11-13)16-5-3-15(24)4-6-16)20-8-7-17(12-29-20)35(33,34)31-14(2)23(25,26)27/h3-9,11-12,14,31H,1-2H3/t14-/m0/s1. The summed E-state index contributed by atoms with van der Waals surface area (Å²) in [4.78, 5) is 8.09. The molecule has 3 heterocycles. The Morgan fingerprint density at radius 2 is 1.77 bits per heavy atom. The molecule has 0 spiro atoms. The van der Waals surface area contributed by atoms with E-state index in [9.17, 15) is 31.2 Å². The molecule has 4 aromatic rings. The number of sulfonamides is 1. The Hall–Kier alpha value is -3.82. The molecule has 35 heavy (non-hydrogen) atoms. The minimum absolute atomic E-state index is 0.171. The molecule has 1 N–H and O–H groups in total. The summed E-state index contributed by atoms with van der Waals surface area (Å²) in [6.45, 7) is 2.49. The highest BCUT2D eigenvalue weighted by Crippen LogP contribution is 2.35. The lowest BCUT2D eigenvalue weighted by Crippen LogP contribution is -2.42. The molecule has 0 fully saturated rings. The lowest BCUT2D eigenvalue weighted by atomic mass is 10.1. The molecule has 0 aliphatic rings. The maximum atomic E-state index is 13.6. The molecule has 1 atom stereocenters. The fourth-order valence-electron chi connectivity index (χ4n) is 3.51. The minimum atomic E-state index is -4.76. The minimum Gasteiger partial charge on any atom is -0.291 e. The number of nitrogens with one attached hydrogen (secondary N) is 1. The topological polar surface area (TPSA) is 101 Å². The molecule has 0 aliphatic carbocycles. The summed E-state index contributed by atoms with van der Waals surface area (Å²) < 4.78 is 80.0. The van der Waals surface area contributed by atoms with Crippen LogP contribution in [0.3, 0.4) is 0 Å². The third-order valence-corrected chi connectivity index (χ3v) is 6.78. The van der Waals surface area contributed by atoms with E-state index in [4.69, 9.17) is 0 Å². The van der Waals surface area contributed by atoms with Crippen LogP contribution in [0.25, 0.3) is 28.1 Å². The maximum Gasteiger partial charge on any atom is 0.404 e. The first-order chi connectivity index (χ1) is 16.4. The molecule has 0 radical (unpaired) electrons. The molecule has 0 unspecified atom stereocenters. The van der Waals surface area contributed by atoms with Crippen LogP contribution >= 0.6 is 0 Å². The van der Waals surface area contributed by atoms with Crippen LogP contribution in [0.4, 0.5) is 17.6 Å². The van der Waals surface area contributed by atoms with Crippen LogP contribution in [-0.4, -0.2) is 35.2 Å². The van der Waals surface area contributed by atoms with Gasteiger partial charge >= 0.3 is 6.18 Å². The lowest BCUT2D eigenvalue weighted by molar-refractivity contribution is -0.147. The van der Waals surface area contributed by atoms with E-state index < -0.39 is 33.0 Å². The molecule has 3 aromatic heterocycles. The van der Waals surface area contributed by atoms with Gasteiger partial charge in [0.25, 0.3) is 0 Å². The number of rotatable bonds is 5. The first-order valence-electron chi connectivity index (χ1n) is 10.1. The van der Waals surface area contributed by atoms with Crippen molar-refractivity contribution in [2.45, 2.75) is 31.0 Å². The normalized spacial score (nSPS) is 13.1. The van der Waals surface area contributed by atoms with Crippen LogP contribution in [0, 0.1) is 24.1 Å². The number of hydrogen-bond acceptors (Lipinski definition) is 5. The molecule has 12 heteroatoms. The number of aromatic nitrogens is 3. The molecule has 0 saturated carbocycles. The Morgan fingerprint density at radius 1 is 1.09 bits per heavy atom. The first-order valence-corrected chi connectivity index (χ1v) is 11.6. The van der Waals surface area contributed by atoms with E-state index >= 15 is 0 Å². The molecule has 0 saturated heterocycles. The summed E-state index contributed by atoms with van der Waals surface area (Å²) >= 11 is 0. The molecular formula is C23H17F4N5O2S. The van der Waals surface area contributed by atoms with E-state index in [1.54, 1.807) is 28.5 Å². The predicted molar refractivity (Wildman–Crippen MR) is 120 cm³/mol. The summed E-state index contributed by atoms with van der Waals surface area (Å²) in [6, 6.07) is 9.42. The van der Waals surface area contributed by atoms with Crippen molar-refractivity contribution in [2.75, 3.05) is 0 Å². The Kier molecular flexibility index (Phi) is 6.08. The smallest absolute Gasteiger partial charge is 0.291 e. The second-order valence-electron chi connectivity index (χ2n) is 7.79. The zero-order valence-electron chi connectivity index (χ0n) is 18.3. The van der Waals surface area contributed by atoms with Crippen LogP contribution in [0.15, 0.2) is 59.8 Å². The van der Waals surface area contributed by atoms with E-state index in [0.29, 0.717) is 23.6 Å². The Labute approximate surface area is 197 Å². The summed E-state index contributed by atoms with van der Waals surface area (Å²) in [5, 5.41) is 10.4. The molecule has 180 valence electrons. The zero-order valence-corrected chi connectivity index (χ0v) is 19.1. The molecule has 7 nitrogen and oxygen atoms in total. The van der Waals surface area contributed by atoms with Gasteiger partial charge in [-0.1, -0.05) is 0 Å². The van der Waals surface area contributed by atoms with Crippen molar-refractivity contribution >= 4 is 21.1 Å². The van der Waals surface area contributed by atoms with Gasteiger partial charge in [0, 0.05) is 23.5 Å². The highest BCUT2D eigenvalue weighted by Gasteiger charge is 2.39. The van der Waals surface area contributed by atoms with Gasteiger partial charge in [0.05, 0.1) is 17.0 Å². The SMILES string of the molecule is Cc1cnc2c(c1)c(C#N)c(-c1ccc(S(=O)(=O)N[C@@H](C)C(F)(F)F)cn1)n2-c1ccc(F)cc1. The number of aryl methyl sites for hydroxylation is 1. The number of nitriles is 1. The fraction of sp³-hybridized carbons (Fsp3) is 0.174. The second kappa shape index (κ2) is 8.75. The van der Waals surface area contributed by atoms with E-state index in [2.05, 4.69) is 16.0 Å². The first kappa shape index (κ1) is 24.3. The van der Waals surface area contributed by atoms with Gasteiger partial charge in [0.2, 0.25) is 10.0 Å². The molecule has 4 rings (SSSR count). The summed E-state index contributed by atoms with van der Waals surface area (Å²) in [7, 11) is -4.51. The monoisotopic (exact) mass is 503 g/mol. The summed E-state index contributed by atoms with van der Waals surface area (Å²) in [5.74, 6) is -0.468. The van der Waals surface area contributed by atoms with Crippen molar-refractivity contribution < 1.29 is 26.0 Å². The number of benzene rings is 1. The van der Waals surface area contributed by atoms with Gasteiger partial charge in [-0.15, -0.1) is 0 Å². The zero-order chi connectivity index (χ0) is 25.5. The number of halogens is 4. The van der Waals surface area contributed by atoms with Crippen LogP contribution in [-0.2, 0) is 10.0 Å². The van der Waals surface area contributed by atoms with Gasteiger partial charge in [-0.25, -0.2) is 17.8 Å². The van der Waals surface area contributed by atoms with E-state index in [-0.39, 0.29) is 17.0 Å². The van der Waals surface area contributed by atoms with E-state index in [1.807, 2.05) is 0 Å². The third kappa shape index (κ3) is 4.60. The quantitative estimate of drug-likeness (QED) is 0.400. The van der Waals surface area contributed by atoms with Gasteiger partial charge in [-0.2, -0.15) is 23.2 Å². The Morgan fingerprint density at radius 3 is 2.34 bits per heavy atom. The number of hydrogen-bond donors (Lipinski definition) is 1. The molecule has 0 amide bonds. The molecule has 0 aliphatic heterocycles. The van der Waals surface area contributed by atoms with Gasteiger partial charge in [0.15, 0.2) is 0 Å². The van der Waals surface area contributed by atoms with Crippen molar-refractivity contribution in [3.05, 3.63) is 71.8 Å². The van der Waals surface area contributed by atoms with Crippen molar-refractivity contribution in [3.63, 3.8) is 0 Å². The summed E-state index contributed by atoms with van der Waals surface area (Å²) in [5.41, 5.74) is 2.30. The predicted octanol–water partition coefficient (Wildman–Crippen LogP) is 4.64. The summed E-state index contributed by atoms with van der Waals surface area (Å²) in [6.07, 6.45) is -2.25. The third-order valence-electron chi connectivity index (χ3n) is 5.25. The van der Waals surface area contributed by atoms with Crippen molar-refractivity contribution in [3.8, 4) is 23.1 Å². The van der Waals surface area contributed by atoms with Gasteiger partial charge in [-0.3, -0.25) is 9.55 Å². The van der Waals surface area contributed by atoms with Crippen molar-refractivity contribution in [1.29, 1.82) is 5.26 Å². The van der Waals surface area contributed by atoms with Crippen LogP contribution in [0.1, 0.15) is 18.1 Å². The van der Waals surface area contributed by atoms with E-state index in [0.717, 1.165) is 17.8 Å². The van der Waals surface area contributed by atoms with Crippen molar-refractivity contribution in [1.82, 2.24) is 19.3 Å². The van der Waals surface area contributed by atoms with Crippen LogP contribution in [0.2, 0.25) is 0 Å².